The van der Waals surface area contributed by atoms with Crippen LogP contribution in [0.5, 0.6) is 5.75 Å². The van der Waals surface area contributed by atoms with E-state index in [1.807, 2.05) is 6.07 Å². The molecule has 5 aromatic rings. The number of halogens is 1. The lowest BCUT2D eigenvalue weighted by Crippen LogP contribution is -2.40. The first-order chi connectivity index (χ1) is 21.2. The molecule has 0 bridgehead atoms. The molecule has 1 aliphatic rings. The molecule has 3 aromatic carbocycles. The van der Waals surface area contributed by atoms with Gasteiger partial charge in [0.25, 0.3) is 17.2 Å². The Kier molecular flexibility index (Phi) is 7.50. The Balaban J connectivity index is 1.43. The molecule has 44 heavy (non-hydrogen) atoms. The molecule has 1 aliphatic heterocycles. The Morgan fingerprint density at radius 3 is 2.57 bits per heavy atom. The second kappa shape index (κ2) is 11.6. The monoisotopic (exact) mass is 610 g/mol. The number of hydrogen-bond acceptors (Lipinski definition) is 8. The van der Waals surface area contributed by atoms with Crippen LogP contribution >= 0.6 is 11.3 Å². The highest BCUT2D eigenvalue weighted by molar-refractivity contribution is 7.07. The molecule has 6 rings (SSSR count). The number of methoxy groups -OCH3 is 1. The minimum absolute atomic E-state index is 0.124. The van der Waals surface area contributed by atoms with Gasteiger partial charge in [-0.2, -0.15) is 0 Å². The third kappa shape index (κ3) is 5.34. The van der Waals surface area contributed by atoms with Crippen LogP contribution in [0.25, 0.3) is 17.4 Å². The fourth-order valence-corrected chi connectivity index (χ4v) is 6.02. The summed E-state index contributed by atoms with van der Waals surface area (Å²) in [5.41, 5.74) is 1.76. The number of carbonyl (C=O) groups excluding carboxylic acids is 1. The van der Waals surface area contributed by atoms with Crippen molar-refractivity contribution >= 4 is 34.7 Å². The fraction of sp³-hybridized carbons (Fsp3) is 0.0938. The third-order valence-electron chi connectivity index (χ3n) is 7.05. The first-order valence-corrected chi connectivity index (χ1v) is 14.1. The van der Waals surface area contributed by atoms with Crippen molar-refractivity contribution < 1.29 is 23.3 Å². The maximum Gasteiger partial charge on any atom is 0.273 e. The highest BCUT2D eigenvalue weighted by Crippen LogP contribution is 2.35. The summed E-state index contributed by atoms with van der Waals surface area (Å²) in [4.78, 5) is 43.1. The molecule has 1 amide bonds. The molecule has 1 unspecified atom stereocenters. The molecule has 1 N–H and O–H groups in total. The summed E-state index contributed by atoms with van der Waals surface area (Å²) < 4.78 is 26.9. The van der Waals surface area contributed by atoms with Crippen molar-refractivity contribution in [2.24, 2.45) is 4.99 Å². The van der Waals surface area contributed by atoms with Gasteiger partial charge in [0.15, 0.2) is 4.80 Å². The van der Waals surface area contributed by atoms with E-state index in [1.54, 1.807) is 61.5 Å². The van der Waals surface area contributed by atoms with Crippen molar-refractivity contribution in [1.82, 2.24) is 4.57 Å². The van der Waals surface area contributed by atoms with Crippen LogP contribution in [0.4, 0.5) is 15.8 Å². The fourth-order valence-electron chi connectivity index (χ4n) is 4.99. The zero-order chi connectivity index (χ0) is 31.0. The third-order valence-corrected chi connectivity index (χ3v) is 8.03. The van der Waals surface area contributed by atoms with Gasteiger partial charge in [0.1, 0.15) is 23.1 Å². The summed E-state index contributed by atoms with van der Waals surface area (Å²) in [5, 5.41) is 14.0. The van der Waals surface area contributed by atoms with E-state index in [4.69, 9.17) is 9.15 Å². The van der Waals surface area contributed by atoms with Crippen molar-refractivity contribution in [3.63, 3.8) is 0 Å². The van der Waals surface area contributed by atoms with Crippen molar-refractivity contribution in [3.8, 4) is 17.1 Å². The molecule has 0 radical (unpaired) electrons. The molecule has 0 saturated carbocycles. The Morgan fingerprint density at radius 1 is 1.11 bits per heavy atom. The number of nitro groups is 1. The number of amides is 1. The number of carbonyl (C=O) groups is 1. The number of rotatable bonds is 7. The summed E-state index contributed by atoms with van der Waals surface area (Å²) in [5.74, 6) is 0.109. The molecule has 1 atom stereocenters. The van der Waals surface area contributed by atoms with Crippen molar-refractivity contribution in [3.05, 3.63) is 143 Å². The molecule has 12 heteroatoms. The lowest BCUT2D eigenvalue weighted by atomic mass is 9.95. The summed E-state index contributed by atoms with van der Waals surface area (Å²) in [6.45, 7) is 1.70. The molecule has 0 fully saturated rings. The molecule has 3 heterocycles. The van der Waals surface area contributed by atoms with Crippen molar-refractivity contribution in [2.75, 3.05) is 12.4 Å². The molecule has 0 saturated heterocycles. The van der Waals surface area contributed by atoms with Gasteiger partial charge in [-0.3, -0.25) is 24.3 Å². The van der Waals surface area contributed by atoms with Gasteiger partial charge in [-0.1, -0.05) is 41.7 Å². The highest BCUT2D eigenvalue weighted by Gasteiger charge is 2.32. The number of fused-ring (bicyclic) bond motifs is 1. The summed E-state index contributed by atoms with van der Waals surface area (Å²) in [6, 6.07) is 21.2. The lowest BCUT2D eigenvalue weighted by molar-refractivity contribution is -0.384. The zero-order valence-corrected chi connectivity index (χ0v) is 24.1. The predicted molar refractivity (Wildman–Crippen MR) is 163 cm³/mol. The minimum Gasteiger partial charge on any atom is -0.496 e. The average Bonchev–Trinajstić information content (AvgIpc) is 3.60. The average molecular weight is 611 g/mol. The Labute approximate surface area is 252 Å². The van der Waals surface area contributed by atoms with E-state index in [-0.39, 0.29) is 17.0 Å². The van der Waals surface area contributed by atoms with E-state index < -0.39 is 28.2 Å². The number of anilines is 1. The quantitative estimate of drug-likeness (QED) is 0.200. The molecule has 0 spiro atoms. The zero-order valence-electron chi connectivity index (χ0n) is 23.3. The van der Waals surface area contributed by atoms with Gasteiger partial charge in [-0.25, -0.2) is 9.38 Å². The predicted octanol–water partition coefficient (Wildman–Crippen LogP) is 5.19. The Hall–Kier alpha value is -5.62. The number of aromatic nitrogens is 1. The van der Waals surface area contributed by atoms with Crippen LogP contribution in [0.2, 0.25) is 0 Å². The number of ether oxygens (including phenoxy) is 1. The highest BCUT2D eigenvalue weighted by atomic mass is 32.1. The number of para-hydroxylation sites is 1. The van der Waals surface area contributed by atoms with E-state index >= 15 is 0 Å². The van der Waals surface area contributed by atoms with Crippen LogP contribution in [-0.4, -0.2) is 22.5 Å². The maximum absolute atomic E-state index is 13.9. The number of furan rings is 1. The first kappa shape index (κ1) is 28.5. The smallest absolute Gasteiger partial charge is 0.273 e. The summed E-state index contributed by atoms with van der Waals surface area (Å²) in [6.07, 6.45) is 1.57. The van der Waals surface area contributed by atoms with Gasteiger partial charge < -0.3 is 14.5 Å². The van der Waals surface area contributed by atoms with Gasteiger partial charge in [0.2, 0.25) is 0 Å². The van der Waals surface area contributed by atoms with Crippen LogP contribution < -0.4 is 24.9 Å². The second-order valence-corrected chi connectivity index (χ2v) is 10.8. The number of nitro benzene ring substituents is 1. The van der Waals surface area contributed by atoms with E-state index in [0.29, 0.717) is 43.4 Å². The number of thiazole rings is 1. The molecule has 2 aromatic heterocycles. The largest absolute Gasteiger partial charge is 0.496 e. The van der Waals surface area contributed by atoms with Crippen LogP contribution in [-0.2, 0) is 4.79 Å². The van der Waals surface area contributed by atoms with Gasteiger partial charge in [-0.15, -0.1) is 0 Å². The Bertz CT molecular complexity index is 2130. The van der Waals surface area contributed by atoms with Gasteiger partial charge in [0.05, 0.1) is 45.5 Å². The van der Waals surface area contributed by atoms with Crippen LogP contribution in [0, 0.1) is 15.9 Å². The summed E-state index contributed by atoms with van der Waals surface area (Å²) >= 11 is 1.13. The standard InChI is InChI=1S/C32H23FN4O6S/c1-18-28(30(38)35-21-6-4-3-5-7-21)29(19-8-10-20(33)11-9-19)36-31(39)27(44-32(36)34-18)17-23-13-15-25(43-23)24-14-12-22(37(40)41)16-26(24)42-2/h3-17,29H,1-2H3,(H,35,38)/b27-17-. The maximum atomic E-state index is 13.9. The number of benzene rings is 3. The number of non-ortho nitro benzene ring substituents is 1. The van der Waals surface area contributed by atoms with E-state index in [0.717, 1.165) is 11.3 Å². The SMILES string of the molecule is COc1cc([N+](=O)[O-])ccc1-c1ccc(/C=c2\sc3n(c2=O)C(c2ccc(F)cc2)C(C(=O)Nc2ccccc2)=C(C)N=3)o1. The van der Waals surface area contributed by atoms with Crippen molar-refractivity contribution in [2.45, 2.75) is 13.0 Å². The number of allylic oxidation sites excluding steroid dienone is 1. The Morgan fingerprint density at radius 2 is 1.86 bits per heavy atom. The minimum atomic E-state index is -0.866. The molecule has 220 valence electrons. The van der Waals surface area contributed by atoms with Crippen molar-refractivity contribution in [1.29, 1.82) is 0 Å². The normalized spacial score (nSPS) is 14.6. The molecule has 10 nitrogen and oxygen atoms in total. The van der Waals surface area contributed by atoms with Crippen LogP contribution in [0.3, 0.4) is 0 Å². The number of nitrogens with one attached hydrogen (secondary N) is 1. The summed E-state index contributed by atoms with van der Waals surface area (Å²) in [7, 11) is 1.40. The first-order valence-electron chi connectivity index (χ1n) is 13.3. The van der Waals surface area contributed by atoms with Gasteiger partial charge in [-0.05, 0) is 55.0 Å². The van der Waals surface area contributed by atoms with Crippen LogP contribution in [0.15, 0.2) is 110 Å². The van der Waals surface area contributed by atoms with Gasteiger partial charge in [0, 0.05) is 17.8 Å². The second-order valence-electron chi connectivity index (χ2n) is 9.80. The number of nitrogens with zero attached hydrogens (tertiary/aromatic N) is 3. The molecular formula is C32H23FN4O6S. The number of hydrogen-bond donors (Lipinski definition) is 1. The molecular weight excluding hydrogens is 587 g/mol. The van der Waals surface area contributed by atoms with E-state index in [9.17, 15) is 24.1 Å². The molecule has 0 aliphatic carbocycles. The van der Waals surface area contributed by atoms with E-state index in [1.165, 1.54) is 42.0 Å². The van der Waals surface area contributed by atoms with Gasteiger partial charge >= 0.3 is 0 Å². The lowest BCUT2D eigenvalue weighted by Gasteiger charge is -2.25. The topological polar surface area (TPSA) is 129 Å². The van der Waals surface area contributed by atoms with Crippen LogP contribution in [0.1, 0.15) is 24.3 Å². The van der Waals surface area contributed by atoms with E-state index in [2.05, 4.69) is 10.3 Å².